The fourth-order valence-electron chi connectivity index (χ4n) is 1.24. The SMILES string of the molecule is CCC(=O)[C@@H](NC(C)C)C(C)C. The summed E-state index contributed by atoms with van der Waals surface area (Å²) < 4.78 is 0. The van der Waals surface area contributed by atoms with E-state index < -0.39 is 0 Å². The molecule has 0 heterocycles. The summed E-state index contributed by atoms with van der Waals surface area (Å²) in [6, 6.07) is 0.419. The Morgan fingerprint density at radius 3 is 2.00 bits per heavy atom. The fourth-order valence-corrected chi connectivity index (χ4v) is 1.24. The lowest BCUT2D eigenvalue weighted by Gasteiger charge is -2.22. The van der Waals surface area contributed by atoms with E-state index >= 15 is 0 Å². The van der Waals surface area contributed by atoms with Gasteiger partial charge in [0, 0.05) is 12.5 Å². The fraction of sp³-hybridized carbons (Fsp3) is 0.900. The van der Waals surface area contributed by atoms with Crippen molar-refractivity contribution in [3.8, 4) is 0 Å². The van der Waals surface area contributed by atoms with Crippen LogP contribution >= 0.6 is 0 Å². The third-order valence-corrected chi connectivity index (χ3v) is 1.87. The largest absolute Gasteiger partial charge is 0.305 e. The maximum absolute atomic E-state index is 11.4. The molecule has 0 spiro atoms. The topological polar surface area (TPSA) is 29.1 Å². The van der Waals surface area contributed by atoms with Crippen LogP contribution in [0.3, 0.4) is 0 Å². The van der Waals surface area contributed by atoms with E-state index in [0.29, 0.717) is 24.2 Å². The number of hydrogen-bond donors (Lipinski definition) is 1. The molecule has 0 aromatic heterocycles. The third kappa shape index (κ3) is 3.86. The van der Waals surface area contributed by atoms with Gasteiger partial charge in [-0.3, -0.25) is 4.79 Å². The highest BCUT2D eigenvalue weighted by Gasteiger charge is 2.20. The monoisotopic (exact) mass is 171 g/mol. The molecule has 0 aromatic carbocycles. The molecule has 0 aliphatic rings. The molecule has 12 heavy (non-hydrogen) atoms. The van der Waals surface area contributed by atoms with Crippen molar-refractivity contribution in [2.45, 2.75) is 53.1 Å². The average Bonchev–Trinajstić information content (AvgIpc) is 1.98. The van der Waals surface area contributed by atoms with Crippen LogP contribution in [0.1, 0.15) is 41.0 Å². The zero-order chi connectivity index (χ0) is 9.72. The Balaban J connectivity index is 4.13. The highest BCUT2D eigenvalue weighted by atomic mass is 16.1. The minimum absolute atomic E-state index is 0.0370. The Kier molecular flexibility index (Phi) is 5.14. The molecular formula is C10H21NO. The van der Waals surface area contributed by atoms with Crippen molar-refractivity contribution in [3.05, 3.63) is 0 Å². The minimum atomic E-state index is 0.0370. The molecule has 0 rings (SSSR count). The van der Waals surface area contributed by atoms with Crippen molar-refractivity contribution >= 4 is 5.78 Å². The Bertz CT molecular complexity index is 141. The van der Waals surface area contributed by atoms with Crippen LogP contribution in [0.2, 0.25) is 0 Å². The number of rotatable bonds is 5. The van der Waals surface area contributed by atoms with Gasteiger partial charge in [0.2, 0.25) is 0 Å². The molecule has 1 atom stereocenters. The van der Waals surface area contributed by atoms with Crippen LogP contribution in [0.4, 0.5) is 0 Å². The van der Waals surface area contributed by atoms with E-state index in [1.807, 2.05) is 6.92 Å². The Morgan fingerprint density at radius 1 is 1.25 bits per heavy atom. The minimum Gasteiger partial charge on any atom is -0.305 e. The van der Waals surface area contributed by atoms with Crippen molar-refractivity contribution in [2.24, 2.45) is 5.92 Å². The average molecular weight is 171 g/mol. The number of carbonyl (C=O) groups excluding carboxylic acids is 1. The Labute approximate surface area is 75.7 Å². The van der Waals surface area contributed by atoms with Crippen LogP contribution in [-0.2, 0) is 4.79 Å². The summed E-state index contributed by atoms with van der Waals surface area (Å²) in [4.78, 5) is 11.4. The standard InChI is InChI=1S/C10H21NO/c1-6-9(12)10(7(2)3)11-8(4)5/h7-8,10-11H,6H2,1-5H3/t10-/m0/s1. The molecule has 0 bridgehead atoms. The number of ketones is 1. The summed E-state index contributed by atoms with van der Waals surface area (Å²) in [5.74, 6) is 0.707. The van der Waals surface area contributed by atoms with Crippen LogP contribution < -0.4 is 5.32 Å². The first-order valence-electron chi connectivity index (χ1n) is 4.77. The molecule has 72 valence electrons. The lowest BCUT2D eigenvalue weighted by Crippen LogP contribution is -2.44. The van der Waals surface area contributed by atoms with Crippen LogP contribution in [0.5, 0.6) is 0 Å². The van der Waals surface area contributed by atoms with Crippen molar-refractivity contribution in [2.75, 3.05) is 0 Å². The predicted molar refractivity (Wildman–Crippen MR) is 52.2 cm³/mol. The van der Waals surface area contributed by atoms with Gasteiger partial charge in [-0.15, -0.1) is 0 Å². The quantitative estimate of drug-likeness (QED) is 0.685. The van der Waals surface area contributed by atoms with E-state index in [1.165, 1.54) is 0 Å². The van der Waals surface area contributed by atoms with Gasteiger partial charge in [0.05, 0.1) is 6.04 Å². The van der Waals surface area contributed by atoms with Gasteiger partial charge in [0.25, 0.3) is 0 Å². The van der Waals surface area contributed by atoms with Gasteiger partial charge < -0.3 is 5.32 Å². The molecule has 0 saturated heterocycles. The highest BCUT2D eigenvalue weighted by Crippen LogP contribution is 2.05. The molecule has 0 saturated carbocycles. The molecule has 0 aliphatic carbocycles. The summed E-state index contributed by atoms with van der Waals surface area (Å²) in [6.07, 6.45) is 0.628. The van der Waals surface area contributed by atoms with E-state index in [9.17, 15) is 4.79 Å². The second-order valence-corrected chi connectivity index (χ2v) is 3.86. The van der Waals surface area contributed by atoms with Gasteiger partial charge >= 0.3 is 0 Å². The second kappa shape index (κ2) is 5.31. The molecule has 0 aromatic rings. The molecule has 1 N–H and O–H groups in total. The van der Waals surface area contributed by atoms with E-state index in [0.717, 1.165) is 0 Å². The molecule has 2 nitrogen and oxygen atoms in total. The number of hydrogen-bond acceptors (Lipinski definition) is 2. The van der Waals surface area contributed by atoms with Crippen LogP contribution in [0, 0.1) is 5.92 Å². The lowest BCUT2D eigenvalue weighted by atomic mass is 9.98. The van der Waals surface area contributed by atoms with Gasteiger partial charge in [-0.1, -0.05) is 34.6 Å². The molecule has 0 aliphatic heterocycles. The van der Waals surface area contributed by atoms with E-state index in [1.54, 1.807) is 0 Å². The molecule has 0 unspecified atom stereocenters. The van der Waals surface area contributed by atoms with Gasteiger partial charge in [-0.05, 0) is 5.92 Å². The zero-order valence-electron chi connectivity index (χ0n) is 8.85. The van der Waals surface area contributed by atoms with Crippen molar-refractivity contribution in [3.63, 3.8) is 0 Å². The first-order chi connectivity index (χ1) is 5.49. The summed E-state index contributed by atoms with van der Waals surface area (Å²) >= 11 is 0. The Morgan fingerprint density at radius 2 is 1.75 bits per heavy atom. The van der Waals surface area contributed by atoms with Crippen LogP contribution in [-0.4, -0.2) is 17.9 Å². The second-order valence-electron chi connectivity index (χ2n) is 3.86. The first-order valence-corrected chi connectivity index (χ1v) is 4.77. The molecule has 0 amide bonds. The predicted octanol–water partition coefficient (Wildman–Crippen LogP) is 1.99. The summed E-state index contributed by atoms with van der Waals surface area (Å²) in [6.45, 7) is 10.2. The van der Waals surface area contributed by atoms with Crippen LogP contribution in [0.15, 0.2) is 0 Å². The molecule has 0 radical (unpaired) electrons. The highest BCUT2D eigenvalue weighted by molar-refractivity contribution is 5.83. The number of carbonyl (C=O) groups is 1. The van der Waals surface area contributed by atoms with Gasteiger partial charge in [-0.2, -0.15) is 0 Å². The van der Waals surface area contributed by atoms with E-state index in [4.69, 9.17) is 0 Å². The number of nitrogens with one attached hydrogen (secondary N) is 1. The maximum Gasteiger partial charge on any atom is 0.149 e. The molecule has 2 heteroatoms. The van der Waals surface area contributed by atoms with Crippen LogP contribution in [0.25, 0.3) is 0 Å². The summed E-state index contributed by atoms with van der Waals surface area (Å²) in [7, 11) is 0. The van der Waals surface area contributed by atoms with Gasteiger partial charge in [0.1, 0.15) is 5.78 Å². The lowest BCUT2D eigenvalue weighted by molar-refractivity contribution is -0.121. The van der Waals surface area contributed by atoms with E-state index in [-0.39, 0.29) is 6.04 Å². The molecule has 0 fully saturated rings. The van der Waals surface area contributed by atoms with E-state index in [2.05, 4.69) is 33.0 Å². The van der Waals surface area contributed by atoms with Gasteiger partial charge in [0.15, 0.2) is 0 Å². The smallest absolute Gasteiger partial charge is 0.149 e. The zero-order valence-corrected chi connectivity index (χ0v) is 8.85. The van der Waals surface area contributed by atoms with Gasteiger partial charge in [-0.25, -0.2) is 0 Å². The Hall–Kier alpha value is -0.370. The van der Waals surface area contributed by atoms with Crippen molar-refractivity contribution < 1.29 is 4.79 Å². The van der Waals surface area contributed by atoms with Crippen molar-refractivity contribution in [1.82, 2.24) is 5.32 Å². The third-order valence-electron chi connectivity index (χ3n) is 1.87. The maximum atomic E-state index is 11.4. The summed E-state index contributed by atoms with van der Waals surface area (Å²) in [5, 5.41) is 3.28. The molecular weight excluding hydrogens is 150 g/mol. The summed E-state index contributed by atoms with van der Waals surface area (Å²) in [5.41, 5.74) is 0. The first kappa shape index (κ1) is 11.6. The van der Waals surface area contributed by atoms with Crippen molar-refractivity contribution in [1.29, 1.82) is 0 Å². The number of Topliss-reactive ketones (excluding diaryl/α,β-unsaturated/α-hetero) is 1. The normalized spacial score (nSPS) is 13.9.